The van der Waals surface area contributed by atoms with Gasteiger partial charge in [0, 0.05) is 31.0 Å². The number of carbonyl (C=O) groups is 1. The number of rotatable bonds is 9. The summed E-state index contributed by atoms with van der Waals surface area (Å²) in [5.41, 5.74) is 0.891. The Kier molecular flexibility index (Phi) is 7.19. The molecule has 0 radical (unpaired) electrons. The Balaban J connectivity index is 1.77. The lowest BCUT2D eigenvalue weighted by atomic mass is 10.2. The number of methoxy groups -OCH3 is 1. The molecule has 0 saturated heterocycles. The van der Waals surface area contributed by atoms with Crippen molar-refractivity contribution in [3.05, 3.63) is 30.5 Å². The zero-order chi connectivity index (χ0) is 25.1. The molecule has 2 heterocycles. The normalized spacial score (nSPS) is 12.9. The van der Waals surface area contributed by atoms with Crippen LogP contribution < -0.4 is 15.4 Å². The number of fused-ring (bicyclic) bond motifs is 1. The lowest BCUT2D eigenvalue weighted by molar-refractivity contribution is -0.200. The number of ether oxygens (including phenoxy) is 2. The predicted octanol–water partition coefficient (Wildman–Crippen LogP) is 3.27. The van der Waals surface area contributed by atoms with Gasteiger partial charge in [0.05, 0.1) is 29.7 Å². The van der Waals surface area contributed by atoms with Crippen molar-refractivity contribution in [1.82, 2.24) is 15.0 Å². The summed E-state index contributed by atoms with van der Waals surface area (Å²) >= 11 is 0. The maximum atomic E-state index is 12.3. The van der Waals surface area contributed by atoms with Crippen molar-refractivity contribution in [2.24, 2.45) is 5.92 Å². The van der Waals surface area contributed by atoms with E-state index in [2.05, 4.69) is 30.3 Å². The molecule has 0 saturated carbocycles. The predicted molar refractivity (Wildman–Crippen MR) is 118 cm³/mol. The maximum absolute atomic E-state index is 12.3. The number of H-pyrrole nitrogens is 1. The summed E-state index contributed by atoms with van der Waals surface area (Å²) in [6, 6.07) is 6.02. The number of halogens is 3. The molecule has 3 aromatic rings. The van der Waals surface area contributed by atoms with Crippen LogP contribution in [0.1, 0.15) is 6.92 Å². The summed E-state index contributed by atoms with van der Waals surface area (Å²) in [5, 5.41) is 6.63. The molecule has 1 aromatic carbocycles. The van der Waals surface area contributed by atoms with Crippen molar-refractivity contribution in [2.75, 3.05) is 37.2 Å². The molecule has 10 nitrogen and oxygen atoms in total. The lowest BCUT2D eigenvalue weighted by Crippen LogP contribution is -2.28. The van der Waals surface area contributed by atoms with E-state index in [1.54, 1.807) is 19.2 Å². The molecule has 1 atom stereocenters. The first-order valence-corrected chi connectivity index (χ1v) is 11.8. The molecular formula is C20H22F3N5O5S. The van der Waals surface area contributed by atoms with Crippen LogP contribution in [0, 0.1) is 5.92 Å². The van der Waals surface area contributed by atoms with E-state index < -0.39 is 34.5 Å². The topological polar surface area (TPSA) is 135 Å². The van der Waals surface area contributed by atoms with E-state index in [9.17, 15) is 26.4 Å². The second-order valence-corrected chi connectivity index (χ2v) is 9.49. The number of hydrogen-bond acceptors (Lipinski definition) is 9. The van der Waals surface area contributed by atoms with Crippen molar-refractivity contribution < 1.29 is 35.9 Å². The third-order valence-electron chi connectivity index (χ3n) is 4.61. The van der Waals surface area contributed by atoms with Crippen LogP contribution in [-0.2, 0) is 19.4 Å². The molecule has 34 heavy (non-hydrogen) atoms. The fourth-order valence-electron chi connectivity index (χ4n) is 2.89. The molecule has 0 amide bonds. The first-order chi connectivity index (χ1) is 15.9. The van der Waals surface area contributed by atoms with Crippen molar-refractivity contribution in [2.45, 2.75) is 18.0 Å². The average Bonchev–Trinajstić information content (AvgIpc) is 3.23. The van der Waals surface area contributed by atoms with Crippen molar-refractivity contribution in [1.29, 1.82) is 0 Å². The number of esters is 1. The number of benzene rings is 1. The van der Waals surface area contributed by atoms with Gasteiger partial charge in [0.1, 0.15) is 17.2 Å². The molecule has 1 unspecified atom stereocenters. The van der Waals surface area contributed by atoms with E-state index in [0.717, 1.165) is 6.26 Å². The summed E-state index contributed by atoms with van der Waals surface area (Å²) in [6.45, 7) is 1.34. The number of carbonyl (C=O) groups excluding carboxylic acids is 1. The Labute approximate surface area is 192 Å². The van der Waals surface area contributed by atoms with Crippen molar-refractivity contribution in [3.63, 3.8) is 0 Å². The summed E-state index contributed by atoms with van der Waals surface area (Å²) in [4.78, 5) is 22.7. The van der Waals surface area contributed by atoms with E-state index in [1.165, 1.54) is 25.3 Å². The van der Waals surface area contributed by atoms with E-state index in [4.69, 9.17) is 4.74 Å². The molecule has 0 bridgehead atoms. The SMILES string of the molecule is COc1cc(S(C)(=O)=O)ccc1Nc1nc(NCC(C)COC(=O)C(F)(F)F)c2cc[nH]c2n1. The Morgan fingerprint density at radius 1 is 1.24 bits per heavy atom. The monoisotopic (exact) mass is 501 g/mol. The number of alkyl halides is 3. The third kappa shape index (κ3) is 6.07. The van der Waals surface area contributed by atoms with Gasteiger partial charge in [0.2, 0.25) is 5.95 Å². The van der Waals surface area contributed by atoms with Gasteiger partial charge < -0.3 is 25.1 Å². The fourth-order valence-corrected chi connectivity index (χ4v) is 3.52. The molecule has 0 aliphatic heterocycles. The van der Waals surface area contributed by atoms with Gasteiger partial charge in [-0.15, -0.1) is 0 Å². The van der Waals surface area contributed by atoms with Gasteiger partial charge in [0.25, 0.3) is 0 Å². The number of hydrogen-bond donors (Lipinski definition) is 3. The molecule has 2 aromatic heterocycles. The molecule has 14 heteroatoms. The summed E-state index contributed by atoms with van der Waals surface area (Å²) in [7, 11) is -2.04. The van der Waals surface area contributed by atoms with E-state index in [1.807, 2.05) is 0 Å². The highest BCUT2D eigenvalue weighted by Gasteiger charge is 2.41. The highest BCUT2D eigenvalue weighted by atomic mass is 32.2. The van der Waals surface area contributed by atoms with Gasteiger partial charge in [-0.1, -0.05) is 6.92 Å². The second kappa shape index (κ2) is 9.75. The van der Waals surface area contributed by atoms with Crippen LogP contribution in [0.4, 0.5) is 30.6 Å². The molecule has 0 aliphatic rings. The smallest absolute Gasteiger partial charge is 0.490 e. The number of sulfone groups is 1. The number of aromatic amines is 1. The Hall–Kier alpha value is -3.55. The van der Waals surface area contributed by atoms with Crippen LogP contribution in [0.5, 0.6) is 5.75 Å². The van der Waals surface area contributed by atoms with Crippen molar-refractivity contribution in [3.8, 4) is 5.75 Å². The van der Waals surface area contributed by atoms with Gasteiger partial charge in [-0.25, -0.2) is 13.2 Å². The molecular weight excluding hydrogens is 479 g/mol. The first-order valence-electron chi connectivity index (χ1n) is 9.86. The van der Waals surface area contributed by atoms with E-state index in [-0.39, 0.29) is 23.1 Å². The maximum Gasteiger partial charge on any atom is 0.490 e. The summed E-state index contributed by atoms with van der Waals surface area (Å²) in [6.07, 6.45) is -2.32. The Morgan fingerprint density at radius 2 is 1.97 bits per heavy atom. The van der Waals surface area contributed by atoms with Gasteiger partial charge in [-0.3, -0.25) is 0 Å². The number of nitrogens with one attached hydrogen (secondary N) is 3. The second-order valence-electron chi connectivity index (χ2n) is 7.48. The van der Waals surface area contributed by atoms with Crippen molar-refractivity contribution >= 4 is 44.3 Å². The lowest BCUT2D eigenvalue weighted by Gasteiger charge is -2.16. The minimum Gasteiger partial charge on any atom is -0.495 e. The van der Waals surface area contributed by atoms with E-state index >= 15 is 0 Å². The number of nitrogens with zero attached hydrogens (tertiary/aromatic N) is 2. The van der Waals surface area contributed by atoms with Crippen LogP contribution in [0.3, 0.4) is 0 Å². The third-order valence-corrected chi connectivity index (χ3v) is 5.72. The molecule has 184 valence electrons. The largest absolute Gasteiger partial charge is 0.495 e. The van der Waals surface area contributed by atoms with Gasteiger partial charge in [0.15, 0.2) is 9.84 Å². The molecule has 0 fully saturated rings. The minimum absolute atomic E-state index is 0.0817. The molecule has 3 N–H and O–H groups in total. The van der Waals surface area contributed by atoms with Crippen LogP contribution in [-0.4, -0.2) is 62.0 Å². The van der Waals surface area contributed by atoms with E-state index in [0.29, 0.717) is 22.5 Å². The fraction of sp³-hybridized carbons (Fsp3) is 0.350. The summed E-state index contributed by atoms with van der Waals surface area (Å²) < 4.78 is 70.0. The van der Waals surface area contributed by atoms with Crippen LogP contribution >= 0.6 is 0 Å². The van der Waals surface area contributed by atoms with Gasteiger partial charge in [-0.2, -0.15) is 23.1 Å². The standard InChI is InChI=1S/C20H22F3N5O5S/c1-11(10-33-18(29)20(21,22)23)9-25-17-13-6-7-24-16(13)27-19(28-17)26-14-5-4-12(34(3,30)31)8-15(14)32-2/h4-8,11H,9-10H2,1-3H3,(H3,24,25,26,27,28). The zero-order valence-corrected chi connectivity index (χ0v) is 19.2. The highest BCUT2D eigenvalue weighted by Crippen LogP contribution is 2.31. The zero-order valence-electron chi connectivity index (χ0n) is 18.4. The molecule has 0 aliphatic carbocycles. The van der Waals surface area contributed by atoms with Gasteiger partial charge in [-0.05, 0) is 18.2 Å². The number of anilines is 3. The average molecular weight is 501 g/mol. The highest BCUT2D eigenvalue weighted by molar-refractivity contribution is 7.90. The Morgan fingerprint density at radius 3 is 2.62 bits per heavy atom. The van der Waals surface area contributed by atoms with Crippen LogP contribution in [0.25, 0.3) is 11.0 Å². The van der Waals surface area contributed by atoms with Crippen LogP contribution in [0.15, 0.2) is 35.4 Å². The number of aromatic nitrogens is 3. The quantitative estimate of drug-likeness (QED) is 0.378. The minimum atomic E-state index is -5.04. The van der Waals surface area contributed by atoms with Crippen LogP contribution in [0.2, 0.25) is 0 Å². The molecule has 3 rings (SSSR count). The first kappa shape index (κ1) is 25.1. The Bertz CT molecular complexity index is 1290. The molecule has 0 spiro atoms. The van der Waals surface area contributed by atoms with Gasteiger partial charge >= 0.3 is 12.1 Å². The summed E-state index contributed by atoms with van der Waals surface area (Å²) in [5.74, 6) is -1.90.